The Bertz CT molecular complexity index is 993. The number of carbonyl (C=O) groups is 4. The monoisotopic (exact) mass is 362 g/mol. The second-order valence-electron chi connectivity index (χ2n) is 7.04. The van der Waals surface area contributed by atoms with Crippen molar-refractivity contribution >= 4 is 23.9 Å². The number of carbonyl (C=O) groups excluding carboxylic acids is 4. The van der Waals surface area contributed by atoms with Crippen molar-refractivity contribution in [2.45, 2.75) is 32.1 Å². The highest BCUT2D eigenvalue weighted by molar-refractivity contribution is 6.15. The molecular formula is C21H14O6. The number of ether oxygens (including phenoxy) is 2. The zero-order valence-electron chi connectivity index (χ0n) is 14.3. The molecule has 0 bridgehead atoms. The number of aryl methyl sites for hydroxylation is 4. The molecule has 0 fully saturated rings. The Labute approximate surface area is 154 Å². The van der Waals surface area contributed by atoms with Crippen LogP contribution in [0.2, 0.25) is 0 Å². The lowest BCUT2D eigenvalue weighted by molar-refractivity contribution is 0.0425. The third-order valence-corrected chi connectivity index (χ3v) is 5.49. The lowest BCUT2D eigenvalue weighted by atomic mass is 9.93. The number of esters is 4. The van der Waals surface area contributed by atoms with E-state index in [0.717, 1.165) is 41.5 Å². The van der Waals surface area contributed by atoms with Crippen molar-refractivity contribution in [1.82, 2.24) is 0 Å². The highest BCUT2D eigenvalue weighted by Gasteiger charge is 2.33. The summed E-state index contributed by atoms with van der Waals surface area (Å²) in [5.41, 5.74) is 5.40. The fourth-order valence-corrected chi connectivity index (χ4v) is 4.11. The Balaban J connectivity index is 1.55. The van der Waals surface area contributed by atoms with Crippen LogP contribution in [-0.2, 0) is 35.2 Å². The Kier molecular flexibility index (Phi) is 3.31. The van der Waals surface area contributed by atoms with Crippen LogP contribution < -0.4 is 0 Å². The minimum Gasteiger partial charge on any atom is -0.386 e. The van der Waals surface area contributed by atoms with E-state index in [4.69, 9.17) is 9.47 Å². The minimum absolute atomic E-state index is 0.321. The Hall–Kier alpha value is -3.28. The molecule has 0 amide bonds. The molecule has 0 atom stereocenters. The van der Waals surface area contributed by atoms with Crippen LogP contribution in [-0.4, -0.2) is 23.9 Å². The zero-order chi connectivity index (χ0) is 18.7. The van der Waals surface area contributed by atoms with Crippen LogP contribution in [0, 0.1) is 0 Å². The summed E-state index contributed by atoms with van der Waals surface area (Å²) >= 11 is 0. The van der Waals surface area contributed by atoms with E-state index in [0.29, 0.717) is 35.1 Å². The number of rotatable bonds is 0. The number of benzene rings is 2. The van der Waals surface area contributed by atoms with Gasteiger partial charge in [-0.1, -0.05) is 0 Å². The van der Waals surface area contributed by atoms with Crippen molar-refractivity contribution in [3.05, 3.63) is 68.8 Å². The van der Waals surface area contributed by atoms with Crippen molar-refractivity contribution in [3.63, 3.8) is 0 Å². The molecule has 3 aliphatic rings. The summed E-state index contributed by atoms with van der Waals surface area (Å²) in [4.78, 5) is 47.3. The highest BCUT2D eigenvalue weighted by Crippen LogP contribution is 2.30. The van der Waals surface area contributed by atoms with Crippen LogP contribution >= 0.6 is 0 Å². The first-order valence-corrected chi connectivity index (χ1v) is 8.86. The van der Waals surface area contributed by atoms with E-state index in [2.05, 4.69) is 0 Å². The Morgan fingerprint density at radius 1 is 0.481 bits per heavy atom. The maximum absolute atomic E-state index is 11.9. The van der Waals surface area contributed by atoms with Crippen molar-refractivity contribution in [3.8, 4) is 0 Å². The van der Waals surface area contributed by atoms with Gasteiger partial charge in [0.15, 0.2) is 0 Å². The van der Waals surface area contributed by atoms with Crippen LogP contribution in [0.3, 0.4) is 0 Å². The molecule has 0 saturated heterocycles. The summed E-state index contributed by atoms with van der Waals surface area (Å²) in [5.74, 6) is -2.38. The summed E-state index contributed by atoms with van der Waals surface area (Å²) in [7, 11) is 0. The Morgan fingerprint density at radius 3 is 1.11 bits per heavy atom. The van der Waals surface area contributed by atoms with Gasteiger partial charge in [0.05, 0.1) is 22.3 Å². The van der Waals surface area contributed by atoms with E-state index in [9.17, 15) is 19.2 Å². The average Bonchev–Trinajstić information content (AvgIpc) is 3.10. The van der Waals surface area contributed by atoms with Crippen molar-refractivity contribution in [1.29, 1.82) is 0 Å². The van der Waals surface area contributed by atoms with Gasteiger partial charge in [-0.15, -0.1) is 0 Å². The summed E-state index contributed by atoms with van der Waals surface area (Å²) in [6.45, 7) is 0. The summed E-state index contributed by atoms with van der Waals surface area (Å²) in [5, 5.41) is 0. The Morgan fingerprint density at radius 2 is 0.778 bits per heavy atom. The van der Waals surface area contributed by atoms with Gasteiger partial charge in [0.1, 0.15) is 0 Å². The molecule has 27 heavy (non-hydrogen) atoms. The lowest BCUT2D eigenvalue weighted by Gasteiger charge is -2.10. The summed E-state index contributed by atoms with van der Waals surface area (Å²) in [6.07, 6.45) is 3.66. The molecule has 2 aromatic rings. The number of hydrogen-bond donors (Lipinski definition) is 0. The van der Waals surface area contributed by atoms with Gasteiger partial charge in [0.2, 0.25) is 0 Å². The molecule has 2 heterocycles. The van der Waals surface area contributed by atoms with Crippen molar-refractivity contribution in [2.24, 2.45) is 0 Å². The molecule has 0 radical (unpaired) electrons. The first kappa shape index (κ1) is 15.9. The van der Waals surface area contributed by atoms with Gasteiger partial charge in [-0.3, -0.25) is 0 Å². The van der Waals surface area contributed by atoms with Crippen molar-refractivity contribution < 1.29 is 28.7 Å². The molecule has 6 nitrogen and oxygen atoms in total. The maximum Gasteiger partial charge on any atom is 0.346 e. The SMILES string of the molecule is O=C1OC(=O)c2cc3c(cc21)CCCc1cc2c(cc1CC3)C(=O)OC2=O. The predicted octanol–water partition coefficient (Wildman–Crippen LogP) is 2.58. The number of cyclic esters (lactones) is 4. The van der Waals surface area contributed by atoms with Gasteiger partial charge in [0.25, 0.3) is 0 Å². The standard InChI is InChI=1S/C21H14O6/c22-18-14-6-10-2-1-3-11-7-15-17(21(25)27-19(15)23)9-13(11)5-4-12(10)8-16(14)20(24)26-18/h6-9H,1-5H2. The molecule has 0 saturated carbocycles. The van der Waals surface area contributed by atoms with E-state index in [1.54, 1.807) is 24.3 Å². The number of fused-ring (bicyclic) bond motifs is 4. The van der Waals surface area contributed by atoms with Gasteiger partial charge < -0.3 is 9.47 Å². The van der Waals surface area contributed by atoms with Crippen LogP contribution in [0.5, 0.6) is 0 Å². The maximum atomic E-state index is 11.9. The van der Waals surface area contributed by atoms with Crippen LogP contribution in [0.1, 0.15) is 70.1 Å². The van der Waals surface area contributed by atoms with E-state index < -0.39 is 23.9 Å². The predicted molar refractivity (Wildman–Crippen MR) is 91.8 cm³/mol. The lowest BCUT2D eigenvalue weighted by Crippen LogP contribution is -2.03. The van der Waals surface area contributed by atoms with Gasteiger partial charge in [0, 0.05) is 0 Å². The molecule has 6 heteroatoms. The highest BCUT2D eigenvalue weighted by atomic mass is 16.6. The third-order valence-electron chi connectivity index (χ3n) is 5.49. The largest absolute Gasteiger partial charge is 0.386 e. The van der Waals surface area contributed by atoms with Gasteiger partial charge in [-0.25, -0.2) is 19.2 Å². The second-order valence-corrected chi connectivity index (χ2v) is 7.04. The van der Waals surface area contributed by atoms with Gasteiger partial charge in [-0.05, 0) is 78.6 Å². The topological polar surface area (TPSA) is 86.7 Å². The van der Waals surface area contributed by atoms with E-state index in [-0.39, 0.29) is 0 Å². The molecule has 2 aliphatic heterocycles. The quantitative estimate of drug-likeness (QED) is 0.529. The third kappa shape index (κ3) is 2.40. The van der Waals surface area contributed by atoms with Crippen LogP contribution in [0.15, 0.2) is 24.3 Å². The first-order valence-electron chi connectivity index (χ1n) is 8.86. The van der Waals surface area contributed by atoms with Gasteiger partial charge in [-0.2, -0.15) is 0 Å². The van der Waals surface area contributed by atoms with Crippen LogP contribution in [0.4, 0.5) is 0 Å². The fraction of sp³-hybridized carbons (Fsp3) is 0.238. The van der Waals surface area contributed by atoms with Gasteiger partial charge >= 0.3 is 23.9 Å². The minimum atomic E-state index is -0.600. The molecule has 0 N–H and O–H groups in total. The van der Waals surface area contributed by atoms with Crippen LogP contribution in [0.25, 0.3) is 0 Å². The fourth-order valence-electron chi connectivity index (χ4n) is 4.11. The van der Waals surface area contributed by atoms with E-state index in [1.807, 2.05) is 0 Å². The first-order chi connectivity index (χ1) is 13.0. The molecule has 5 rings (SSSR count). The number of hydrogen-bond acceptors (Lipinski definition) is 6. The second kappa shape index (κ2) is 5.61. The van der Waals surface area contributed by atoms with E-state index in [1.165, 1.54) is 0 Å². The molecule has 134 valence electrons. The van der Waals surface area contributed by atoms with Crippen molar-refractivity contribution in [2.75, 3.05) is 0 Å². The zero-order valence-corrected chi connectivity index (χ0v) is 14.3. The molecule has 2 aromatic carbocycles. The summed E-state index contributed by atoms with van der Waals surface area (Å²) < 4.78 is 9.41. The normalized spacial score (nSPS) is 17.8. The summed E-state index contributed by atoms with van der Waals surface area (Å²) in [6, 6.07) is 7.06. The average molecular weight is 362 g/mol. The molecule has 1 aliphatic carbocycles. The molecule has 0 spiro atoms. The molecule has 0 aromatic heterocycles. The molecule has 0 unspecified atom stereocenters. The van der Waals surface area contributed by atoms with E-state index >= 15 is 0 Å². The smallest absolute Gasteiger partial charge is 0.346 e. The molecular weight excluding hydrogens is 348 g/mol.